The van der Waals surface area contributed by atoms with E-state index in [-0.39, 0.29) is 5.91 Å². The fourth-order valence-corrected chi connectivity index (χ4v) is 2.84. The Morgan fingerprint density at radius 2 is 1.90 bits per heavy atom. The standard InChI is InChI=1S/C22H26N4O3/c1-14-7-6-8-16(13-14)19-24-20(29-26-19)15(2)23-21(27)22(3,4)25-17-9-11-18(28-5)12-10-17/h6-13,15,25H,1-5H3,(H,23,27). The van der Waals surface area contributed by atoms with Crippen molar-refractivity contribution in [3.8, 4) is 17.1 Å². The van der Waals surface area contributed by atoms with Gasteiger partial charge in [-0.2, -0.15) is 4.98 Å². The molecule has 3 rings (SSSR count). The Balaban J connectivity index is 1.66. The van der Waals surface area contributed by atoms with Gasteiger partial charge in [-0.25, -0.2) is 0 Å². The van der Waals surface area contributed by atoms with Gasteiger partial charge < -0.3 is 19.9 Å². The van der Waals surface area contributed by atoms with E-state index >= 15 is 0 Å². The predicted octanol–water partition coefficient (Wildman–Crippen LogP) is 4.12. The molecule has 152 valence electrons. The first-order chi connectivity index (χ1) is 13.8. The minimum Gasteiger partial charge on any atom is -0.497 e. The molecule has 1 unspecified atom stereocenters. The molecule has 0 radical (unpaired) electrons. The minimum absolute atomic E-state index is 0.184. The van der Waals surface area contributed by atoms with Crippen LogP contribution in [0.2, 0.25) is 0 Å². The number of hydrogen-bond acceptors (Lipinski definition) is 6. The molecule has 0 spiro atoms. The highest BCUT2D eigenvalue weighted by Crippen LogP contribution is 2.22. The molecule has 0 fully saturated rings. The summed E-state index contributed by atoms with van der Waals surface area (Å²) in [6.45, 7) is 7.44. The number of aryl methyl sites for hydroxylation is 1. The zero-order chi connectivity index (χ0) is 21.0. The van der Waals surface area contributed by atoms with E-state index in [9.17, 15) is 4.79 Å². The lowest BCUT2D eigenvalue weighted by molar-refractivity contribution is -0.125. The van der Waals surface area contributed by atoms with Crippen molar-refractivity contribution in [3.05, 3.63) is 60.0 Å². The predicted molar refractivity (Wildman–Crippen MR) is 112 cm³/mol. The van der Waals surface area contributed by atoms with Crippen LogP contribution in [0.15, 0.2) is 53.1 Å². The average Bonchev–Trinajstić information content (AvgIpc) is 3.19. The van der Waals surface area contributed by atoms with Crippen LogP contribution in [0, 0.1) is 6.92 Å². The highest BCUT2D eigenvalue weighted by Gasteiger charge is 2.30. The summed E-state index contributed by atoms with van der Waals surface area (Å²) in [5.74, 6) is 1.43. The average molecular weight is 394 g/mol. The van der Waals surface area contributed by atoms with E-state index < -0.39 is 11.6 Å². The fourth-order valence-electron chi connectivity index (χ4n) is 2.84. The van der Waals surface area contributed by atoms with Crippen molar-refractivity contribution in [1.29, 1.82) is 0 Å². The summed E-state index contributed by atoms with van der Waals surface area (Å²) < 4.78 is 10.5. The van der Waals surface area contributed by atoms with E-state index in [2.05, 4.69) is 20.8 Å². The molecule has 0 saturated heterocycles. The molecule has 1 heterocycles. The molecule has 2 aromatic carbocycles. The summed E-state index contributed by atoms with van der Waals surface area (Å²) in [7, 11) is 1.61. The van der Waals surface area contributed by atoms with Gasteiger partial charge in [0, 0.05) is 11.3 Å². The second-order valence-electron chi connectivity index (χ2n) is 7.50. The van der Waals surface area contributed by atoms with Crippen LogP contribution < -0.4 is 15.4 Å². The van der Waals surface area contributed by atoms with Crippen molar-refractivity contribution < 1.29 is 14.1 Å². The van der Waals surface area contributed by atoms with Crippen LogP contribution in [-0.2, 0) is 4.79 Å². The van der Waals surface area contributed by atoms with Crippen LogP contribution in [0.5, 0.6) is 5.75 Å². The summed E-state index contributed by atoms with van der Waals surface area (Å²) in [5, 5.41) is 10.2. The van der Waals surface area contributed by atoms with Crippen molar-refractivity contribution >= 4 is 11.6 Å². The maximum Gasteiger partial charge on any atom is 0.249 e. The van der Waals surface area contributed by atoms with Crippen LogP contribution in [0.25, 0.3) is 11.4 Å². The van der Waals surface area contributed by atoms with Crippen LogP contribution in [0.4, 0.5) is 5.69 Å². The second-order valence-corrected chi connectivity index (χ2v) is 7.50. The Morgan fingerprint density at radius 1 is 1.17 bits per heavy atom. The molecule has 2 N–H and O–H groups in total. The number of hydrogen-bond donors (Lipinski definition) is 2. The van der Waals surface area contributed by atoms with Crippen LogP contribution >= 0.6 is 0 Å². The molecule has 0 aliphatic carbocycles. The molecule has 3 aromatic rings. The first-order valence-corrected chi connectivity index (χ1v) is 9.42. The third-order valence-electron chi connectivity index (χ3n) is 4.55. The Bertz CT molecular complexity index is 980. The van der Waals surface area contributed by atoms with Crippen molar-refractivity contribution in [1.82, 2.24) is 15.5 Å². The molecular formula is C22H26N4O3. The lowest BCUT2D eigenvalue weighted by atomic mass is 10.0. The maximum absolute atomic E-state index is 12.8. The first-order valence-electron chi connectivity index (χ1n) is 9.42. The van der Waals surface area contributed by atoms with Gasteiger partial charge in [0.05, 0.1) is 7.11 Å². The van der Waals surface area contributed by atoms with Gasteiger partial charge in [0.1, 0.15) is 17.3 Å². The zero-order valence-corrected chi connectivity index (χ0v) is 17.3. The summed E-state index contributed by atoms with van der Waals surface area (Å²) in [5.41, 5.74) is 1.96. The molecule has 29 heavy (non-hydrogen) atoms. The van der Waals surface area contributed by atoms with Crippen LogP contribution in [0.1, 0.15) is 38.3 Å². The molecule has 0 aliphatic rings. The number of methoxy groups -OCH3 is 1. The van der Waals surface area contributed by atoms with Gasteiger partial charge in [-0.05, 0) is 58.0 Å². The number of carbonyl (C=O) groups excluding carboxylic acids is 1. The number of carbonyl (C=O) groups is 1. The second kappa shape index (κ2) is 8.34. The number of amides is 1. The third-order valence-corrected chi connectivity index (χ3v) is 4.55. The van der Waals surface area contributed by atoms with Crippen LogP contribution in [-0.4, -0.2) is 28.7 Å². The van der Waals surface area contributed by atoms with Gasteiger partial charge in [-0.1, -0.05) is 28.9 Å². The van der Waals surface area contributed by atoms with Crippen molar-refractivity contribution in [3.63, 3.8) is 0 Å². The first kappa shape index (κ1) is 20.4. The molecule has 0 bridgehead atoms. The quantitative estimate of drug-likeness (QED) is 0.627. The molecule has 0 aliphatic heterocycles. The normalized spacial score (nSPS) is 12.3. The van der Waals surface area contributed by atoms with Crippen molar-refractivity contribution in [2.24, 2.45) is 0 Å². The molecule has 7 nitrogen and oxygen atoms in total. The van der Waals surface area contributed by atoms with Gasteiger partial charge in [0.2, 0.25) is 17.6 Å². The lowest BCUT2D eigenvalue weighted by Crippen LogP contribution is -2.48. The third kappa shape index (κ3) is 4.93. The number of rotatable bonds is 7. The molecule has 1 atom stereocenters. The number of anilines is 1. The van der Waals surface area contributed by atoms with Crippen LogP contribution in [0.3, 0.4) is 0 Å². The molecule has 1 aromatic heterocycles. The summed E-state index contributed by atoms with van der Waals surface area (Å²) in [6.07, 6.45) is 0. The molecule has 1 amide bonds. The van der Waals surface area contributed by atoms with Gasteiger partial charge in [-0.3, -0.25) is 4.79 Å². The Labute approximate surface area is 170 Å². The van der Waals surface area contributed by atoms with Gasteiger partial charge >= 0.3 is 0 Å². The summed E-state index contributed by atoms with van der Waals surface area (Å²) >= 11 is 0. The van der Waals surface area contributed by atoms with Gasteiger partial charge in [0.25, 0.3) is 0 Å². The Hall–Kier alpha value is -3.35. The van der Waals surface area contributed by atoms with E-state index in [0.29, 0.717) is 11.7 Å². The van der Waals surface area contributed by atoms with Crippen molar-refractivity contribution in [2.45, 2.75) is 39.3 Å². The largest absolute Gasteiger partial charge is 0.497 e. The highest BCUT2D eigenvalue weighted by atomic mass is 16.5. The monoisotopic (exact) mass is 394 g/mol. The number of benzene rings is 2. The van der Waals surface area contributed by atoms with E-state index in [4.69, 9.17) is 9.26 Å². The summed E-state index contributed by atoms with van der Waals surface area (Å²) in [4.78, 5) is 17.2. The number of aromatic nitrogens is 2. The Morgan fingerprint density at radius 3 is 2.55 bits per heavy atom. The fraction of sp³-hybridized carbons (Fsp3) is 0.318. The Kier molecular flexibility index (Phi) is 5.87. The summed E-state index contributed by atoms with van der Waals surface area (Å²) in [6, 6.07) is 14.8. The lowest BCUT2D eigenvalue weighted by Gasteiger charge is -2.27. The SMILES string of the molecule is COc1ccc(NC(C)(C)C(=O)NC(C)c2nc(-c3cccc(C)c3)no2)cc1. The number of nitrogens with one attached hydrogen (secondary N) is 2. The van der Waals surface area contributed by atoms with E-state index in [1.165, 1.54) is 0 Å². The number of ether oxygens (including phenoxy) is 1. The van der Waals surface area contributed by atoms with Crippen molar-refractivity contribution in [2.75, 3.05) is 12.4 Å². The molecule has 0 saturated carbocycles. The smallest absolute Gasteiger partial charge is 0.249 e. The van der Waals surface area contributed by atoms with E-state index in [1.54, 1.807) is 7.11 Å². The van der Waals surface area contributed by atoms with Gasteiger partial charge in [0.15, 0.2) is 0 Å². The molecule has 7 heteroatoms. The molecular weight excluding hydrogens is 368 g/mol. The zero-order valence-electron chi connectivity index (χ0n) is 17.3. The van der Waals surface area contributed by atoms with E-state index in [1.807, 2.05) is 76.2 Å². The minimum atomic E-state index is -0.845. The highest BCUT2D eigenvalue weighted by molar-refractivity contribution is 5.88. The van der Waals surface area contributed by atoms with Gasteiger partial charge in [-0.15, -0.1) is 0 Å². The maximum atomic E-state index is 12.8. The van der Waals surface area contributed by atoms with E-state index in [0.717, 1.165) is 22.6 Å². The number of nitrogens with zero attached hydrogens (tertiary/aromatic N) is 2. The topological polar surface area (TPSA) is 89.3 Å².